The number of piperidine rings is 1. The van der Waals surface area contributed by atoms with E-state index in [1.165, 1.54) is 25.8 Å². The molecule has 0 amide bonds. The van der Waals surface area contributed by atoms with Gasteiger partial charge in [0.2, 0.25) is 0 Å². The van der Waals surface area contributed by atoms with Crippen molar-refractivity contribution >= 4 is 35.6 Å². The van der Waals surface area contributed by atoms with Crippen LogP contribution in [-0.2, 0) is 0 Å². The number of halogens is 1. The number of anilines is 1. The number of ether oxygens (including phenoxy) is 2. The maximum atomic E-state index is 5.41. The van der Waals surface area contributed by atoms with Crippen molar-refractivity contribution in [1.82, 2.24) is 15.5 Å². The average Bonchev–Trinajstić information content (AvgIpc) is 3.22. The van der Waals surface area contributed by atoms with E-state index in [1.54, 1.807) is 14.2 Å². The zero-order chi connectivity index (χ0) is 20.6. The minimum absolute atomic E-state index is 0. The predicted octanol–water partition coefficient (Wildman–Crippen LogP) is 2.94. The maximum Gasteiger partial charge on any atom is 0.191 e. The summed E-state index contributed by atoms with van der Waals surface area (Å²) in [5.74, 6) is 2.53. The minimum Gasteiger partial charge on any atom is -0.497 e. The largest absolute Gasteiger partial charge is 0.497 e. The van der Waals surface area contributed by atoms with Gasteiger partial charge in [-0.25, -0.2) is 0 Å². The van der Waals surface area contributed by atoms with Crippen molar-refractivity contribution in [2.45, 2.75) is 44.7 Å². The second kappa shape index (κ2) is 12.4. The van der Waals surface area contributed by atoms with E-state index in [0.29, 0.717) is 12.1 Å². The van der Waals surface area contributed by atoms with Crippen LogP contribution in [-0.4, -0.2) is 76.9 Å². The number of likely N-dealkylation sites (tertiary alicyclic amines) is 1. The summed E-state index contributed by atoms with van der Waals surface area (Å²) in [6, 6.07) is 7.11. The molecule has 0 aliphatic carbocycles. The topological polar surface area (TPSA) is 61.4 Å². The lowest BCUT2D eigenvalue weighted by molar-refractivity contribution is 0.163. The predicted molar refractivity (Wildman–Crippen MR) is 135 cm³/mol. The molecule has 2 N–H and O–H groups in total. The first-order chi connectivity index (χ1) is 14.1. The molecular formula is C22H38IN5O2. The molecule has 2 aliphatic heterocycles. The molecule has 170 valence electrons. The fraction of sp³-hybridized carbons (Fsp3) is 0.682. The van der Waals surface area contributed by atoms with E-state index in [2.05, 4.69) is 44.5 Å². The number of aliphatic imine (C=N–C) groups is 1. The average molecular weight is 531 g/mol. The smallest absolute Gasteiger partial charge is 0.191 e. The van der Waals surface area contributed by atoms with E-state index in [9.17, 15) is 0 Å². The van der Waals surface area contributed by atoms with E-state index >= 15 is 0 Å². The van der Waals surface area contributed by atoms with Crippen LogP contribution in [0.2, 0.25) is 0 Å². The van der Waals surface area contributed by atoms with Crippen molar-refractivity contribution in [3.63, 3.8) is 0 Å². The summed E-state index contributed by atoms with van der Waals surface area (Å²) in [7, 11) is 5.22. The van der Waals surface area contributed by atoms with E-state index in [4.69, 9.17) is 9.47 Å². The highest BCUT2D eigenvalue weighted by Crippen LogP contribution is 2.30. The van der Waals surface area contributed by atoms with Gasteiger partial charge in [-0.1, -0.05) is 6.42 Å². The van der Waals surface area contributed by atoms with Crippen molar-refractivity contribution in [3.05, 3.63) is 18.2 Å². The van der Waals surface area contributed by atoms with Crippen molar-refractivity contribution in [2.75, 3.05) is 58.9 Å². The van der Waals surface area contributed by atoms with Gasteiger partial charge in [0.25, 0.3) is 0 Å². The molecular weight excluding hydrogens is 493 g/mol. The van der Waals surface area contributed by atoms with Gasteiger partial charge >= 0.3 is 0 Å². The third-order valence-corrected chi connectivity index (χ3v) is 6.09. The highest BCUT2D eigenvalue weighted by molar-refractivity contribution is 14.0. The van der Waals surface area contributed by atoms with Crippen LogP contribution in [0.4, 0.5) is 5.69 Å². The van der Waals surface area contributed by atoms with E-state index in [1.807, 2.05) is 13.1 Å². The Labute approximate surface area is 198 Å². The lowest BCUT2D eigenvalue weighted by Gasteiger charge is -2.33. The third-order valence-electron chi connectivity index (χ3n) is 6.09. The summed E-state index contributed by atoms with van der Waals surface area (Å²) >= 11 is 0. The van der Waals surface area contributed by atoms with Crippen LogP contribution in [0.3, 0.4) is 0 Å². The number of benzene rings is 1. The molecule has 2 saturated heterocycles. The van der Waals surface area contributed by atoms with Gasteiger partial charge in [-0.3, -0.25) is 9.89 Å². The zero-order valence-corrected chi connectivity index (χ0v) is 21.1. The molecule has 2 heterocycles. The van der Waals surface area contributed by atoms with Crippen LogP contribution in [0.1, 0.15) is 32.6 Å². The van der Waals surface area contributed by atoms with Gasteiger partial charge in [-0.05, 0) is 32.7 Å². The Morgan fingerprint density at radius 3 is 2.47 bits per heavy atom. The lowest BCUT2D eigenvalue weighted by Crippen LogP contribution is -2.48. The van der Waals surface area contributed by atoms with Crippen LogP contribution >= 0.6 is 24.0 Å². The Morgan fingerprint density at radius 2 is 1.83 bits per heavy atom. The quantitative estimate of drug-likeness (QED) is 0.321. The summed E-state index contributed by atoms with van der Waals surface area (Å²) in [5, 5.41) is 7.08. The molecule has 0 saturated carbocycles. The first-order valence-corrected chi connectivity index (χ1v) is 10.8. The Hall–Kier alpha value is -1.42. The summed E-state index contributed by atoms with van der Waals surface area (Å²) in [5.41, 5.74) is 1.13. The van der Waals surface area contributed by atoms with Crippen LogP contribution < -0.4 is 25.0 Å². The number of nitrogens with zero attached hydrogens (tertiary/aromatic N) is 3. The highest BCUT2D eigenvalue weighted by atomic mass is 127. The molecule has 3 rings (SSSR count). The molecule has 2 fully saturated rings. The van der Waals surface area contributed by atoms with Gasteiger partial charge in [0.15, 0.2) is 5.96 Å². The molecule has 0 aromatic heterocycles. The van der Waals surface area contributed by atoms with Gasteiger partial charge < -0.3 is 25.0 Å². The Morgan fingerprint density at radius 1 is 1.10 bits per heavy atom. The van der Waals surface area contributed by atoms with Gasteiger partial charge in [-0.15, -0.1) is 24.0 Å². The van der Waals surface area contributed by atoms with Crippen LogP contribution in [0, 0.1) is 0 Å². The number of nitrogens with one attached hydrogen (secondary N) is 2. The fourth-order valence-corrected chi connectivity index (χ4v) is 4.28. The van der Waals surface area contributed by atoms with Gasteiger partial charge in [0, 0.05) is 69.2 Å². The number of rotatable bonds is 7. The Bertz CT molecular complexity index is 665. The van der Waals surface area contributed by atoms with Crippen LogP contribution in [0.25, 0.3) is 0 Å². The van der Waals surface area contributed by atoms with Crippen molar-refractivity contribution in [1.29, 1.82) is 0 Å². The van der Waals surface area contributed by atoms with Gasteiger partial charge in [-0.2, -0.15) is 0 Å². The van der Waals surface area contributed by atoms with Crippen molar-refractivity contribution in [2.24, 2.45) is 4.99 Å². The molecule has 0 spiro atoms. The Kier molecular flexibility index (Phi) is 10.3. The summed E-state index contributed by atoms with van der Waals surface area (Å²) in [6.07, 6.45) is 5.08. The first kappa shape index (κ1) is 24.8. The molecule has 7 nitrogen and oxygen atoms in total. The third kappa shape index (κ3) is 6.80. The lowest BCUT2D eigenvalue weighted by atomic mass is 10.0. The number of guanidine groups is 1. The highest BCUT2D eigenvalue weighted by Gasteiger charge is 2.24. The van der Waals surface area contributed by atoms with Crippen LogP contribution in [0.5, 0.6) is 11.5 Å². The molecule has 2 aliphatic rings. The molecule has 0 radical (unpaired) electrons. The molecule has 8 heteroatoms. The fourth-order valence-electron chi connectivity index (χ4n) is 4.28. The monoisotopic (exact) mass is 531 g/mol. The standard InChI is InChI=1S/C22H37N5O2.HI/c1-17-7-5-6-10-26(17)12-9-24-22(23-2)25-18-8-11-27(16-18)19-13-20(28-3)15-21(14-19)29-4;/h13-15,17-18H,5-12,16H2,1-4H3,(H2,23,24,25);1H. The number of methoxy groups -OCH3 is 2. The molecule has 0 bridgehead atoms. The van der Waals surface area contributed by atoms with Crippen LogP contribution in [0.15, 0.2) is 23.2 Å². The SMILES string of the molecule is CN=C(NCCN1CCCCC1C)NC1CCN(c2cc(OC)cc(OC)c2)C1.I. The Balaban J connectivity index is 0.00000320. The van der Waals surface area contributed by atoms with E-state index < -0.39 is 0 Å². The second-order valence-electron chi connectivity index (χ2n) is 8.03. The maximum absolute atomic E-state index is 5.41. The first-order valence-electron chi connectivity index (χ1n) is 10.8. The molecule has 1 aromatic carbocycles. The summed E-state index contributed by atoms with van der Waals surface area (Å²) in [4.78, 5) is 9.37. The second-order valence-corrected chi connectivity index (χ2v) is 8.03. The minimum atomic E-state index is 0. The molecule has 2 atom stereocenters. The summed E-state index contributed by atoms with van der Waals surface area (Å²) in [6.45, 7) is 7.48. The van der Waals surface area contributed by atoms with Crippen molar-refractivity contribution in [3.8, 4) is 11.5 Å². The zero-order valence-electron chi connectivity index (χ0n) is 18.8. The summed E-state index contributed by atoms with van der Waals surface area (Å²) < 4.78 is 10.8. The normalized spacial score (nSPS) is 22.4. The van der Waals surface area contributed by atoms with E-state index in [0.717, 1.165) is 55.7 Å². The molecule has 30 heavy (non-hydrogen) atoms. The van der Waals surface area contributed by atoms with Gasteiger partial charge in [0.1, 0.15) is 11.5 Å². The number of hydrogen-bond acceptors (Lipinski definition) is 5. The van der Waals surface area contributed by atoms with Crippen molar-refractivity contribution < 1.29 is 9.47 Å². The number of hydrogen-bond donors (Lipinski definition) is 2. The molecule has 2 unspecified atom stereocenters. The van der Waals surface area contributed by atoms with E-state index in [-0.39, 0.29) is 24.0 Å². The van der Waals surface area contributed by atoms with Gasteiger partial charge in [0.05, 0.1) is 14.2 Å². The molecule has 1 aromatic rings.